The van der Waals surface area contributed by atoms with Gasteiger partial charge in [0, 0.05) is 37.2 Å². The topological polar surface area (TPSA) is 81.8 Å². The second-order valence-corrected chi connectivity index (χ2v) is 7.37. The van der Waals surface area contributed by atoms with Gasteiger partial charge in [-0.05, 0) is 31.9 Å². The average molecular weight is 433 g/mol. The molecule has 7 nitrogen and oxygen atoms in total. The Hall–Kier alpha value is -3.43. The van der Waals surface area contributed by atoms with E-state index in [0.717, 1.165) is 22.6 Å². The van der Waals surface area contributed by atoms with Crippen LogP contribution >= 0.6 is 0 Å². The Balaban J connectivity index is 1.84. The van der Waals surface area contributed by atoms with Gasteiger partial charge in [0.15, 0.2) is 5.69 Å². The van der Waals surface area contributed by atoms with Crippen LogP contribution in [0.2, 0.25) is 0 Å². The third-order valence-electron chi connectivity index (χ3n) is 4.80. The molecule has 10 heteroatoms. The number of carbonyl (C=O) groups is 1. The lowest BCUT2D eigenvalue weighted by molar-refractivity contribution is -0.137. The molecule has 2 aromatic heterocycles. The summed E-state index contributed by atoms with van der Waals surface area (Å²) in [5, 5.41) is 6.60. The molecule has 1 atom stereocenters. The lowest BCUT2D eigenvalue weighted by Gasteiger charge is -2.17. The van der Waals surface area contributed by atoms with Gasteiger partial charge >= 0.3 is 6.18 Å². The molecule has 0 radical (unpaired) electrons. The second-order valence-electron chi connectivity index (χ2n) is 7.37. The summed E-state index contributed by atoms with van der Waals surface area (Å²) in [6.45, 7) is 6.10. The molecule has 1 aromatic carbocycles. The lowest BCUT2D eigenvalue weighted by atomic mass is 10.1. The van der Waals surface area contributed by atoms with Gasteiger partial charge in [-0.2, -0.15) is 18.3 Å². The largest absolute Gasteiger partial charge is 0.418 e. The number of alkyl halides is 3. The highest BCUT2D eigenvalue weighted by atomic mass is 19.4. The Morgan fingerprint density at radius 2 is 1.94 bits per heavy atom. The first kappa shape index (κ1) is 22.3. The van der Waals surface area contributed by atoms with Gasteiger partial charge in [0.2, 0.25) is 5.43 Å². The van der Waals surface area contributed by atoms with E-state index in [1.165, 1.54) is 25.1 Å². The van der Waals surface area contributed by atoms with Gasteiger partial charge in [-0.25, -0.2) is 9.67 Å². The van der Waals surface area contributed by atoms with Crippen LogP contribution in [0.3, 0.4) is 0 Å². The molecule has 0 bridgehead atoms. The third-order valence-corrected chi connectivity index (χ3v) is 4.80. The van der Waals surface area contributed by atoms with Crippen molar-refractivity contribution in [3.05, 3.63) is 75.7 Å². The van der Waals surface area contributed by atoms with Crippen molar-refractivity contribution in [2.24, 2.45) is 5.92 Å². The van der Waals surface area contributed by atoms with E-state index in [9.17, 15) is 22.8 Å². The zero-order valence-corrected chi connectivity index (χ0v) is 17.3. The van der Waals surface area contributed by atoms with E-state index in [-0.39, 0.29) is 23.8 Å². The average Bonchev–Trinajstić information content (AvgIpc) is 3.10. The van der Waals surface area contributed by atoms with Crippen LogP contribution in [0, 0.1) is 19.8 Å². The maximum atomic E-state index is 13.4. The van der Waals surface area contributed by atoms with Crippen molar-refractivity contribution in [3.63, 3.8) is 0 Å². The third kappa shape index (κ3) is 5.01. The molecule has 1 N–H and O–H groups in total. The molecule has 0 fully saturated rings. The fraction of sp³-hybridized carbons (Fsp3) is 0.333. The Bertz CT molecular complexity index is 1150. The fourth-order valence-electron chi connectivity index (χ4n) is 3.19. The molecule has 3 rings (SSSR count). The minimum Gasteiger partial charge on any atom is -0.350 e. The highest BCUT2D eigenvalue weighted by molar-refractivity contribution is 5.92. The van der Waals surface area contributed by atoms with E-state index in [0.29, 0.717) is 6.54 Å². The number of rotatable bonds is 6. The van der Waals surface area contributed by atoms with Crippen molar-refractivity contribution >= 4 is 5.91 Å². The number of hydrogen-bond donors (Lipinski definition) is 1. The number of benzene rings is 1. The van der Waals surface area contributed by atoms with Crippen LogP contribution in [0.1, 0.15) is 34.5 Å². The summed E-state index contributed by atoms with van der Waals surface area (Å²) in [6, 6.07) is 5.97. The Labute approximate surface area is 176 Å². The standard InChI is InChI=1S/C21H22F3N5O2/c1-13(12-28-9-8-25-15(28)3)11-26-20(31)19-18(30)10-14(2)29(27-19)17-7-5-4-6-16(17)21(22,23)24/h4-10,13H,11-12H2,1-3H3,(H,26,31). The molecule has 0 aliphatic carbocycles. The number of amides is 1. The molecule has 1 amide bonds. The maximum Gasteiger partial charge on any atom is 0.418 e. The molecule has 0 aliphatic heterocycles. The summed E-state index contributed by atoms with van der Waals surface area (Å²) in [5.41, 5.74) is -2.11. The van der Waals surface area contributed by atoms with Gasteiger partial charge in [-0.1, -0.05) is 19.1 Å². The Morgan fingerprint density at radius 1 is 1.23 bits per heavy atom. The molecule has 31 heavy (non-hydrogen) atoms. The second kappa shape index (κ2) is 8.75. The van der Waals surface area contributed by atoms with E-state index in [2.05, 4.69) is 15.4 Å². The van der Waals surface area contributed by atoms with E-state index >= 15 is 0 Å². The van der Waals surface area contributed by atoms with Crippen LogP contribution in [0.5, 0.6) is 0 Å². The molecule has 3 aromatic rings. The summed E-state index contributed by atoms with van der Waals surface area (Å²) < 4.78 is 43.1. The summed E-state index contributed by atoms with van der Waals surface area (Å²) >= 11 is 0. The molecule has 0 saturated carbocycles. The molecule has 164 valence electrons. The van der Waals surface area contributed by atoms with Crippen molar-refractivity contribution in [3.8, 4) is 5.69 Å². The molecule has 0 aliphatic rings. The van der Waals surface area contributed by atoms with Crippen LogP contribution in [0.25, 0.3) is 5.69 Å². The monoisotopic (exact) mass is 433 g/mol. The van der Waals surface area contributed by atoms with Gasteiger partial charge in [0.25, 0.3) is 5.91 Å². The van der Waals surface area contributed by atoms with Gasteiger partial charge < -0.3 is 9.88 Å². The summed E-state index contributed by atoms with van der Waals surface area (Å²) in [7, 11) is 0. The molecule has 0 spiro atoms. The minimum atomic E-state index is -4.61. The summed E-state index contributed by atoms with van der Waals surface area (Å²) in [6.07, 6.45) is -1.11. The van der Waals surface area contributed by atoms with Crippen LogP contribution in [-0.4, -0.2) is 31.8 Å². The number of imidazole rings is 1. The van der Waals surface area contributed by atoms with Gasteiger partial charge in [-0.15, -0.1) is 0 Å². The Morgan fingerprint density at radius 3 is 2.58 bits per heavy atom. The van der Waals surface area contributed by atoms with Crippen molar-refractivity contribution in [1.29, 1.82) is 0 Å². The fourth-order valence-corrected chi connectivity index (χ4v) is 3.19. The predicted molar refractivity (Wildman–Crippen MR) is 108 cm³/mol. The normalized spacial score (nSPS) is 12.6. The van der Waals surface area contributed by atoms with Gasteiger partial charge in [0.1, 0.15) is 5.82 Å². The van der Waals surface area contributed by atoms with E-state index in [4.69, 9.17) is 0 Å². The highest BCUT2D eigenvalue weighted by Crippen LogP contribution is 2.33. The summed E-state index contributed by atoms with van der Waals surface area (Å²) in [4.78, 5) is 29.0. The number of nitrogens with one attached hydrogen (secondary N) is 1. The molecule has 0 saturated heterocycles. The number of nitrogens with zero attached hydrogens (tertiary/aromatic N) is 4. The molecular formula is C21H22F3N5O2. The molecular weight excluding hydrogens is 411 g/mol. The zero-order chi connectivity index (χ0) is 22.8. The van der Waals surface area contributed by atoms with Crippen molar-refractivity contribution in [2.75, 3.05) is 6.54 Å². The number of para-hydroxylation sites is 1. The van der Waals surface area contributed by atoms with Crippen molar-refractivity contribution < 1.29 is 18.0 Å². The quantitative estimate of drug-likeness (QED) is 0.648. The molecule has 1 unspecified atom stereocenters. The van der Waals surface area contributed by atoms with Crippen LogP contribution in [0.15, 0.2) is 47.5 Å². The first-order valence-electron chi connectivity index (χ1n) is 9.61. The highest BCUT2D eigenvalue weighted by Gasteiger charge is 2.34. The number of halogens is 3. The minimum absolute atomic E-state index is 0.0236. The zero-order valence-electron chi connectivity index (χ0n) is 17.3. The summed E-state index contributed by atoms with van der Waals surface area (Å²) in [5.74, 6) is 0.123. The lowest BCUT2D eigenvalue weighted by Crippen LogP contribution is -2.35. The van der Waals surface area contributed by atoms with Crippen LogP contribution in [-0.2, 0) is 12.7 Å². The SMILES string of the molecule is Cc1nccn1CC(C)CNC(=O)c1nn(-c2ccccc2C(F)(F)F)c(C)cc1=O. The number of aromatic nitrogens is 4. The predicted octanol–water partition coefficient (Wildman–Crippen LogP) is 3.13. The van der Waals surface area contributed by atoms with Gasteiger partial charge in [-0.3, -0.25) is 9.59 Å². The number of hydrogen-bond acceptors (Lipinski definition) is 4. The Kier molecular flexibility index (Phi) is 6.28. The molecule has 2 heterocycles. The first-order valence-corrected chi connectivity index (χ1v) is 9.61. The van der Waals surface area contributed by atoms with E-state index in [1.54, 1.807) is 6.20 Å². The van der Waals surface area contributed by atoms with Gasteiger partial charge in [0.05, 0.1) is 11.3 Å². The van der Waals surface area contributed by atoms with E-state index in [1.807, 2.05) is 24.6 Å². The van der Waals surface area contributed by atoms with Crippen LogP contribution < -0.4 is 10.7 Å². The van der Waals surface area contributed by atoms with Crippen molar-refractivity contribution in [2.45, 2.75) is 33.5 Å². The van der Waals surface area contributed by atoms with E-state index < -0.39 is 28.8 Å². The smallest absolute Gasteiger partial charge is 0.350 e. The first-order chi connectivity index (χ1) is 14.6. The van der Waals surface area contributed by atoms with Crippen molar-refractivity contribution in [1.82, 2.24) is 24.6 Å². The number of carbonyl (C=O) groups excluding carboxylic acids is 1. The number of aryl methyl sites for hydroxylation is 2. The maximum absolute atomic E-state index is 13.4. The van der Waals surface area contributed by atoms with Crippen LogP contribution in [0.4, 0.5) is 13.2 Å².